The molecule has 3 aliphatic carbocycles. The average Bonchev–Trinajstić information content (AvgIpc) is 1.71. The lowest BCUT2D eigenvalue weighted by atomic mass is 9.64. The zero-order valence-corrected chi connectivity index (χ0v) is 46.8. The maximum Gasteiger partial charge on any atom is 0.0754 e. The van der Waals surface area contributed by atoms with Crippen molar-refractivity contribution in [3.05, 3.63) is 323 Å². The second-order valence-corrected chi connectivity index (χ2v) is 24.2. The first-order valence-corrected chi connectivity index (χ1v) is 29.4. The van der Waals surface area contributed by atoms with Crippen molar-refractivity contribution >= 4 is 44.3 Å². The summed E-state index contributed by atoms with van der Waals surface area (Å²) in [7, 11) is 4.58. The van der Waals surface area contributed by atoms with E-state index in [1.54, 1.807) is 0 Å². The van der Waals surface area contributed by atoms with E-state index >= 15 is 0 Å². The third kappa shape index (κ3) is 5.69. The van der Waals surface area contributed by atoms with Crippen molar-refractivity contribution < 1.29 is 0 Å². The minimum Gasteiger partial charge on any atom is -0.344 e. The molecule has 2 aliphatic heterocycles. The zero-order chi connectivity index (χ0) is 55.1. The number of hydrogen-bond donors (Lipinski definition) is 0. The van der Waals surface area contributed by atoms with Crippen LogP contribution in [0.5, 0.6) is 0 Å². The van der Waals surface area contributed by atoms with Crippen LogP contribution in [0, 0.1) is 0 Å². The normalized spacial score (nSPS) is 15.2. The van der Waals surface area contributed by atoms with E-state index < -0.39 is 10.8 Å². The van der Waals surface area contributed by atoms with Gasteiger partial charge in [-0.3, -0.25) is 0 Å². The van der Waals surface area contributed by atoms with Gasteiger partial charge >= 0.3 is 0 Å². The lowest BCUT2D eigenvalue weighted by molar-refractivity contribution is 0.660. The first kappa shape index (κ1) is 46.7. The molecule has 0 radical (unpaired) electrons. The molecule has 390 valence electrons. The molecule has 2 heterocycles. The third-order valence-electron chi connectivity index (χ3n) is 20.3. The quantitative estimate of drug-likeness (QED) is 0.163. The summed E-state index contributed by atoms with van der Waals surface area (Å²) in [4.78, 5) is 4.98. The first-order valence-electron chi connectivity index (χ1n) is 29.4. The minimum atomic E-state index is -0.531. The average molecular weight is 1060 g/mol. The maximum absolute atomic E-state index is 2.57. The van der Waals surface area contributed by atoms with Crippen LogP contribution in [0.25, 0.3) is 88.3 Å². The van der Waals surface area contributed by atoms with Crippen molar-refractivity contribution in [2.75, 3.05) is 23.9 Å². The lowest BCUT2D eigenvalue weighted by Crippen LogP contribution is -2.36. The van der Waals surface area contributed by atoms with Crippen LogP contribution in [0.4, 0.5) is 22.7 Å². The predicted octanol–water partition coefficient (Wildman–Crippen LogP) is 20.2. The molecule has 0 bridgehead atoms. The first-order chi connectivity index (χ1) is 40.8. The number of nitrogens with zero attached hydrogens (tertiary/aromatic N) is 2. The topological polar surface area (TPSA) is 6.48 Å². The lowest BCUT2D eigenvalue weighted by Gasteiger charge is -2.44. The number of anilines is 4. The van der Waals surface area contributed by atoms with E-state index in [9.17, 15) is 0 Å². The summed E-state index contributed by atoms with van der Waals surface area (Å²) >= 11 is 0. The predicted molar refractivity (Wildman–Crippen MR) is 346 cm³/mol. The summed E-state index contributed by atoms with van der Waals surface area (Å²) in [6.45, 7) is 4.81. The van der Waals surface area contributed by atoms with E-state index in [1.165, 1.54) is 167 Å². The van der Waals surface area contributed by atoms with Crippen LogP contribution >= 0.6 is 0 Å². The monoisotopic (exact) mass is 1060 g/mol. The molecule has 0 unspecified atom stereocenters. The van der Waals surface area contributed by atoms with E-state index in [0.717, 1.165) is 0 Å². The highest BCUT2D eigenvalue weighted by molar-refractivity contribution is 6.22. The van der Waals surface area contributed by atoms with E-state index in [-0.39, 0.29) is 5.41 Å². The van der Waals surface area contributed by atoms with E-state index in [0.29, 0.717) is 0 Å². The van der Waals surface area contributed by atoms with Crippen molar-refractivity contribution in [3.8, 4) is 66.8 Å². The zero-order valence-electron chi connectivity index (χ0n) is 46.8. The molecule has 0 N–H and O–H groups in total. The van der Waals surface area contributed by atoms with Gasteiger partial charge in [0, 0.05) is 42.0 Å². The van der Waals surface area contributed by atoms with Gasteiger partial charge in [-0.25, -0.2) is 0 Å². The van der Waals surface area contributed by atoms with Gasteiger partial charge < -0.3 is 9.80 Å². The molecular formula is C81H56N2. The molecule has 18 rings (SSSR count). The fourth-order valence-electron chi connectivity index (χ4n) is 17.1. The summed E-state index contributed by atoms with van der Waals surface area (Å²) < 4.78 is 0. The highest BCUT2D eigenvalue weighted by Gasteiger charge is 2.53. The number of para-hydroxylation sites is 4. The number of hydrogen-bond acceptors (Lipinski definition) is 2. The maximum atomic E-state index is 2.57. The van der Waals surface area contributed by atoms with E-state index in [4.69, 9.17) is 0 Å². The molecule has 5 aliphatic rings. The summed E-state index contributed by atoms with van der Waals surface area (Å²) in [5, 5.41) is 4.94. The molecule has 0 fully saturated rings. The summed E-state index contributed by atoms with van der Waals surface area (Å²) in [6.07, 6.45) is 0. The Morgan fingerprint density at radius 1 is 0.229 bits per heavy atom. The van der Waals surface area contributed by atoms with Crippen LogP contribution in [0.2, 0.25) is 0 Å². The summed E-state index contributed by atoms with van der Waals surface area (Å²) in [5.41, 5.74) is 32.2. The van der Waals surface area contributed by atoms with Crippen LogP contribution in [-0.4, -0.2) is 14.1 Å². The van der Waals surface area contributed by atoms with Gasteiger partial charge in [0.2, 0.25) is 0 Å². The van der Waals surface area contributed by atoms with Crippen molar-refractivity contribution in [3.63, 3.8) is 0 Å². The summed E-state index contributed by atoms with van der Waals surface area (Å²) in [5.74, 6) is 0. The highest BCUT2D eigenvalue weighted by atomic mass is 15.1. The largest absolute Gasteiger partial charge is 0.344 e. The standard InChI is InChI=1S/C81H56N2/c1-79(2)63-36-10-9-28-59(63)76-60(35-23-43-70(76)79)75-55-31-19-29-49(57-33-21-44-71-77(57)82(3)73-46-17-15-41-68(73)80(71)64-37-11-5-24-51(64)52-25-6-12-38-65(52)80)61(55)48-62-50(30-20-32-56(62)75)58-34-22-45-72-78(58)83(4)74-47-18-16-42-69(74)81(72)66-39-13-7-26-53(66)54-27-8-14-40-67(54)81/h5-48H,1-4H3. The Balaban J connectivity index is 0.964. The fraction of sp³-hybridized carbons (Fsp3) is 0.0864. The second kappa shape index (κ2) is 16.6. The molecular weight excluding hydrogens is 1000 g/mol. The Labute approximate surface area is 484 Å². The Kier molecular flexibility index (Phi) is 9.32. The van der Waals surface area contributed by atoms with Crippen molar-refractivity contribution in [2.45, 2.75) is 30.1 Å². The molecule has 0 atom stereocenters. The number of fused-ring (bicyclic) bond motifs is 23. The molecule has 0 saturated heterocycles. The number of benzene rings is 13. The van der Waals surface area contributed by atoms with Gasteiger partial charge in [-0.15, -0.1) is 0 Å². The molecule has 13 aromatic carbocycles. The van der Waals surface area contributed by atoms with E-state index in [1.807, 2.05) is 0 Å². The molecule has 0 amide bonds. The Morgan fingerprint density at radius 3 is 0.988 bits per heavy atom. The minimum absolute atomic E-state index is 0.173. The third-order valence-corrected chi connectivity index (χ3v) is 20.3. The fourth-order valence-corrected chi connectivity index (χ4v) is 17.1. The summed E-state index contributed by atoms with van der Waals surface area (Å²) in [6, 6.07) is 102. The molecule has 2 nitrogen and oxygen atoms in total. The van der Waals surface area contributed by atoms with Crippen molar-refractivity contribution in [2.24, 2.45) is 0 Å². The number of rotatable bonds is 3. The highest BCUT2D eigenvalue weighted by Crippen LogP contribution is 2.66. The molecule has 2 spiro atoms. The molecule has 0 saturated carbocycles. The molecule has 13 aromatic rings. The molecule has 83 heavy (non-hydrogen) atoms. The van der Waals surface area contributed by atoms with Gasteiger partial charge in [0.05, 0.1) is 22.2 Å². The van der Waals surface area contributed by atoms with Gasteiger partial charge in [-0.1, -0.05) is 263 Å². The SMILES string of the molecule is CN1c2ccccc2C2(c3ccccc3-c3ccccc32)c2cccc(-c3cccc4c(-c5cccc6c5-c5ccccc5C6(C)C)c5cccc(-c6cccc7c6N(C)c6ccccc6C76c7ccccc7-c7ccccc76)c5cc34)c21. The Bertz CT molecular complexity index is 4660. The smallest absolute Gasteiger partial charge is 0.0754 e. The van der Waals surface area contributed by atoms with Gasteiger partial charge in [-0.05, 0) is 151 Å². The van der Waals surface area contributed by atoms with Gasteiger partial charge in [0.15, 0.2) is 0 Å². The van der Waals surface area contributed by atoms with Gasteiger partial charge in [0.1, 0.15) is 0 Å². The van der Waals surface area contributed by atoms with Crippen LogP contribution in [0.3, 0.4) is 0 Å². The Morgan fingerprint density at radius 2 is 0.542 bits per heavy atom. The van der Waals surface area contributed by atoms with E-state index in [2.05, 4.69) is 305 Å². The molecule has 2 heteroatoms. The van der Waals surface area contributed by atoms with Crippen LogP contribution in [0.15, 0.2) is 267 Å². The van der Waals surface area contributed by atoms with Crippen molar-refractivity contribution in [1.82, 2.24) is 0 Å². The second-order valence-electron chi connectivity index (χ2n) is 24.2. The van der Waals surface area contributed by atoms with Crippen LogP contribution in [0.1, 0.15) is 69.5 Å². The van der Waals surface area contributed by atoms with Crippen molar-refractivity contribution in [1.29, 1.82) is 0 Å². The van der Waals surface area contributed by atoms with Gasteiger partial charge in [-0.2, -0.15) is 0 Å². The van der Waals surface area contributed by atoms with Crippen LogP contribution < -0.4 is 9.80 Å². The van der Waals surface area contributed by atoms with Gasteiger partial charge in [0.25, 0.3) is 0 Å². The van der Waals surface area contributed by atoms with Crippen LogP contribution in [-0.2, 0) is 16.2 Å². The Hall–Kier alpha value is -10.0. The molecule has 0 aromatic heterocycles.